The van der Waals surface area contributed by atoms with Crippen molar-refractivity contribution in [3.05, 3.63) is 30.1 Å². The fourth-order valence-electron chi connectivity index (χ4n) is 2.01. The van der Waals surface area contributed by atoms with Crippen molar-refractivity contribution in [1.29, 1.82) is 0 Å². The molecule has 0 saturated carbocycles. The number of ether oxygens (including phenoxy) is 1. The second-order valence-electron chi connectivity index (χ2n) is 4.43. The molecule has 0 spiro atoms. The molecule has 1 N–H and O–H groups in total. The van der Waals surface area contributed by atoms with Crippen LogP contribution in [-0.2, 0) is 26.0 Å². The summed E-state index contributed by atoms with van der Waals surface area (Å²) in [5, 5.41) is 9.06. The molecule has 1 aliphatic rings. The number of sulfonamides is 1. The monoisotopic (exact) mass is 300 g/mol. The van der Waals surface area contributed by atoms with Crippen LogP contribution >= 0.6 is 0 Å². The van der Waals surface area contributed by atoms with Crippen molar-refractivity contribution in [3.8, 4) is 0 Å². The van der Waals surface area contributed by atoms with Gasteiger partial charge in [0.1, 0.15) is 6.04 Å². The molecule has 1 fully saturated rings. The van der Waals surface area contributed by atoms with Gasteiger partial charge in [-0.1, -0.05) is 6.07 Å². The third-order valence-corrected chi connectivity index (χ3v) is 4.94. The smallest absolute Gasteiger partial charge is 0.324 e. The minimum absolute atomic E-state index is 0.0710. The molecule has 1 aromatic rings. The fourth-order valence-corrected chi connectivity index (χ4v) is 3.61. The second kappa shape index (κ2) is 6.29. The Labute approximate surface area is 117 Å². The average molecular weight is 300 g/mol. The fraction of sp³-hybridized carbons (Fsp3) is 0.500. The number of nitrogens with zero attached hydrogens (tertiary/aromatic N) is 2. The van der Waals surface area contributed by atoms with Crippen LogP contribution in [0, 0.1) is 0 Å². The van der Waals surface area contributed by atoms with Crippen LogP contribution in [0.15, 0.2) is 24.4 Å². The van der Waals surface area contributed by atoms with E-state index < -0.39 is 22.0 Å². The van der Waals surface area contributed by atoms with Crippen molar-refractivity contribution in [2.24, 2.45) is 0 Å². The molecule has 1 saturated heterocycles. The van der Waals surface area contributed by atoms with Gasteiger partial charge in [-0.3, -0.25) is 9.78 Å². The molecule has 20 heavy (non-hydrogen) atoms. The summed E-state index contributed by atoms with van der Waals surface area (Å²) in [5.74, 6) is -1.35. The first kappa shape index (κ1) is 14.9. The molecule has 0 amide bonds. The molecule has 0 aromatic carbocycles. The van der Waals surface area contributed by atoms with Gasteiger partial charge in [0.2, 0.25) is 10.0 Å². The highest BCUT2D eigenvalue weighted by Crippen LogP contribution is 2.14. The number of carboxylic acid groups (broad SMARTS) is 1. The Bertz CT molecular complexity index is 560. The zero-order valence-corrected chi connectivity index (χ0v) is 11.6. The van der Waals surface area contributed by atoms with E-state index in [1.54, 1.807) is 24.4 Å². The maximum atomic E-state index is 12.3. The van der Waals surface area contributed by atoms with E-state index in [2.05, 4.69) is 4.98 Å². The van der Waals surface area contributed by atoms with E-state index in [9.17, 15) is 13.2 Å². The summed E-state index contributed by atoms with van der Waals surface area (Å²) in [6, 6.07) is 4.13. The van der Waals surface area contributed by atoms with Crippen molar-refractivity contribution >= 4 is 16.0 Å². The Hall–Kier alpha value is -1.51. The van der Waals surface area contributed by atoms with Crippen molar-refractivity contribution in [2.45, 2.75) is 12.5 Å². The molecule has 0 radical (unpaired) electrons. The summed E-state index contributed by atoms with van der Waals surface area (Å²) < 4.78 is 30.6. The highest BCUT2D eigenvalue weighted by molar-refractivity contribution is 7.89. The molecule has 1 unspecified atom stereocenters. The minimum Gasteiger partial charge on any atom is -0.480 e. The van der Waals surface area contributed by atoms with E-state index in [-0.39, 0.29) is 31.9 Å². The van der Waals surface area contributed by atoms with Crippen molar-refractivity contribution in [1.82, 2.24) is 9.29 Å². The molecule has 110 valence electrons. The lowest BCUT2D eigenvalue weighted by Crippen LogP contribution is -2.53. The lowest BCUT2D eigenvalue weighted by Gasteiger charge is -2.31. The van der Waals surface area contributed by atoms with Crippen LogP contribution < -0.4 is 0 Å². The van der Waals surface area contributed by atoms with Gasteiger partial charge in [0.15, 0.2) is 0 Å². The zero-order chi connectivity index (χ0) is 14.6. The van der Waals surface area contributed by atoms with Crippen molar-refractivity contribution in [2.75, 3.05) is 25.5 Å². The molecule has 1 aliphatic heterocycles. The third-order valence-electron chi connectivity index (χ3n) is 3.06. The molecule has 0 aliphatic carbocycles. The topological polar surface area (TPSA) is 96.8 Å². The Morgan fingerprint density at radius 2 is 2.30 bits per heavy atom. The maximum Gasteiger partial charge on any atom is 0.324 e. The van der Waals surface area contributed by atoms with E-state index in [1.165, 1.54) is 0 Å². The number of aliphatic carboxylic acids is 1. The van der Waals surface area contributed by atoms with Gasteiger partial charge in [-0.25, -0.2) is 8.42 Å². The van der Waals surface area contributed by atoms with Gasteiger partial charge in [-0.2, -0.15) is 4.31 Å². The summed E-state index contributed by atoms with van der Waals surface area (Å²) in [5.41, 5.74) is 0.663. The van der Waals surface area contributed by atoms with E-state index in [4.69, 9.17) is 9.84 Å². The summed E-state index contributed by atoms with van der Waals surface area (Å²) in [4.78, 5) is 15.1. The Kier molecular flexibility index (Phi) is 4.69. The number of carboxylic acids is 1. The number of aromatic nitrogens is 1. The van der Waals surface area contributed by atoms with Crippen LogP contribution in [0.2, 0.25) is 0 Å². The molecule has 2 rings (SSSR count). The van der Waals surface area contributed by atoms with Crippen LogP contribution in [0.25, 0.3) is 0 Å². The van der Waals surface area contributed by atoms with Gasteiger partial charge < -0.3 is 9.84 Å². The molecule has 1 atom stereocenters. The first-order valence-electron chi connectivity index (χ1n) is 6.21. The highest BCUT2D eigenvalue weighted by Gasteiger charge is 2.37. The molecule has 8 heteroatoms. The van der Waals surface area contributed by atoms with Crippen LogP contribution in [-0.4, -0.2) is 60.3 Å². The maximum absolute atomic E-state index is 12.3. The first-order valence-corrected chi connectivity index (χ1v) is 7.81. The van der Waals surface area contributed by atoms with Crippen LogP contribution in [0.3, 0.4) is 0 Å². The second-order valence-corrected chi connectivity index (χ2v) is 6.47. The lowest BCUT2D eigenvalue weighted by molar-refractivity contribution is -0.146. The normalized spacial score (nSPS) is 20.7. The van der Waals surface area contributed by atoms with Crippen LogP contribution in [0.5, 0.6) is 0 Å². The molecule has 2 heterocycles. The number of morpholine rings is 1. The predicted octanol–water partition coefficient (Wildman–Crippen LogP) is -0.261. The highest BCUT2D eigenvalue weighted by atomic mass is 32.2. The van der Waals surface area contributed by atoms with Crippen molar-refractivity contribution < 1.29 is 23.1 Å². The van der Waals surface area contributed by atoms with E-state index in [1.807, 2.05) is 0 Å². The van der Waals surface area contributed by atoms with Gasteiger partial charge in [-0.05, 0) is 12.1 Å². The SMILES string of the molecule is O=C(O)C1COCCN1S(=O)(=O)CCc1ccccn1. The molecular weight excluding hydrogens is 284 g/mol. The summed E-state index contributed by atoms with van der Waals surface area (Å²) >= 11 is 0. The van der Waals surface area contributed by atoms with Gasteiger partial charge in [0.25, 0.3) is 0 Å². The van der Waals surface area contributed by atoms with Gasteiger partial charge >= 0.3 is 5.97 Å². The predicted molar refractivity (Wildman–Crippen MR) is 70.7 cm³/mol. The van der Waals surface area contributed by atoms with E-state index in [0.29, 0.717) is 5.69 Å². The first-order chi connectivity index (χ1) is 9.50. The zero-order valence-electron chi connectivity index (χ0n) is 10.8. The third kappa shape index (κ3) is 3.53. The Balaban J connectivity index is 2.06. The van der Waals surface area contributed by atoms with Crippen molar-refractivity contribution in [3.63, 3.8) is 0 Å². The lowest BCUT2D eigenvalue weighted by atomic mass is 10.3. The summed E-state index contributed by atoms with van der Waals surface area (Å²) in [6.07, 6.45) is 1.85. The number of hydrogen-bond acceptors (Lipinski definition) is 5. The largest absolute Gasteiger partial charge is 0.480 e. The summed E-state index contributed by atoms with van der Waals surface area (Å²) in [7, 11) is -3.64. The van der Waals surface area contributed by atoms with Crippen LogP contribution in [0.4, 0.5) is 0 Å². The molecule has 0 bridgehead atoms. The number of rotatable bonds is 5. The van der Waals surface area contributed by atoms with E-state index in [0.717, 1.165) is 4.31 Å². The number of hydrogen-bond donors (Lipinski definition) is 1. The minimum atomic E-state index is -3.64. The molecule has 1 aromatic heterocycles. The molecule has 7 nitrogen and oxygen atoms in total. The van der Waals surface area contributed by atoms with E-state index >= 15 is 0 Å². The average Bonchev–Trinajstić information content (AvgIpc) is 2.46. The Morgan fingerprint density at radius 1 is 1.50 bits per heavy atom. The number of carbonyl (C=O) groups is 1. The standard InChI is InChI=1S/C12H16N2O5S/c15-12(16)11-9-19-7-6-14(11)20(17,18)8-4-10-3-1-2-5-13-10/h1-3,5,11H,4,6-9H2,(H,15,16). The van der Waals surface area contributed by atoms with Gasteiger partial charge in [-0.15, -0.1) is 0 Å². The quantitative estimate of drug-likeness (QED) is 0.804. The molecular formula is C12H16N2O5S. The summed E-state index contributed by atoms with van der Waals surface area (Å²) in [6.45, 7) is 0.173. The van der Waals surface area contributed by atoms with Gasteiger partial charge in [0, 0.05) is 24.9 Å². The number of pyridine rings is 1. The Morgan fingerprint density at radius 3 is 2.95 bits per heavy atom. The number of aryl methyl sites for hydroxylation is 1. The van der Waals surface area contributed by atoms with Crippen LogP contribution in [0.1, 0.15) is 5.69 Å². The van der Waals surface area contributed by atoms with Gasteiger partial charge in [0.05, 0.1) is 19.0 Å².